The molecule has 0 radical (unpaired) electrons. The summed E-state index contributed by atoms with van der Waals surface area (Å²) in [7, 11) is 0. The smallest absolute Gasteiger partial charge is 0.0353 e. The second kappa shape index (κ2) is 9.83. The average Bonchev–Trinajstić information content (AvgIpc) is 2.14. The summed E-state index contributed by atoms with van der Waals surface area (Å²) in [6, 6.07) is 0. The van der Waals surface area contributed by atoms with Crippen LogP contribution in [0.1, 0.15) is 65.2 Å². The zero-order valence-electron chi connectivity index (χ0n) is 9.52. The van der Waals surface area contributed by atoms with Gasteiger partial charge in [0.2, 0.25) is 0 Å². The van der Waals surface area contributed by atoms with Gasteiger partial charge in [0.15, 0.2) is 0 Å². The van der Waals surface area contributed by atoms with Gasteiger partial charge >= 0.3 is 0 Å². The Balaban J connectivity index is 3.46. The monoisotopic (exact) mass is 182 g/mol. The van der Waals surface area contributed by atoms with Crippen molar-refractivity contribution in [3.05, 3.63) is 12.7 Å². The summed E-state index contributed by atoms with van der Waals surface area (Å²) in [5.74, 6) is 0.991. The number of unbranched alkanes of at least 4 members (excludes halogenated alkanes) is 2. The maximum atomic E-state index is 3.77. The number of rotatable bonds is 9. The summed E-state index contributed by atoms with van der Waals surface area (Å²) in [6.45, 7) is 8.35. The minimum atomic E-state index is 0.991. The quantitative estimate of drug-likeness (QED) is 0.349. The van der Waals surface area contributed by atoms with E-state index in [4.69, 9.17) is 0 Å². The van der Waals surface area contributed by atoms with E-state index in [-0.39, 0.29) is 0 Å². The zero-order valence-corrected chi connectivity index (χ0v) is 9.52. The highest BCUT2D eigenvalue weighted by atomic mass is 14.1. The summed E-state index contributed by atoms with van der Waals surface area (Å²) in [6.07, 6.45) is 13.0. The predicted octanol–water partition coefficient (Wildman–Crippen LogP) is 4.95. The minimum Gasteiger partial charge on any atom is -0.103 e. The van der Waals surface area contributed by atoms with Crippen LogP contribution in [0, 0.1) is 5.92 Å². The molecule has 0 heterocycles. The molecular weight excluding hydrogens is 156 g/mol. The van der Waals surface area contributed by atoms with Gasteiger partial charge in [0.25, 0.3) is 0 Å². The maximum Gasteiger partial charge on any atom is -0.0353 e. The van der Waals surface area contributed by atoms with Crippen LogP contribution >= 0.6 is 0 Å². The molecule has 0 spiro atoms. The molecule has 0 aromatic heterocycles. The minimum absolute atomic E-state index is 0.991. The Hall–Kier alpha value is -0.260. The molecule has 0 nitrogen and oxygen atoms in total. The molecule has 0 aromatic carbocycles. The van der Waals surface area contributed by atoms with Crippen molar-refractivity contribution in [3.8, 4) is 0 Å². The van der Waals surface area contributed by atoms with Crippen LogP contribution in [0.5, 0.6) is 0 Å². The summed E-state index contributed by atoms with van der Waals surface area (Å²) in [4.78, 5) is 0. The molecule has 0 aliphatic rings. The van der Waals surface area contributed by atoms with Crippen molar-refractivity contribution in [1.82, 2.24) is 0 Å². The van der Waals surface area contributed by atoms with Crippen LogP contribution in [0.4, 0.5) is 0 Å². The van der Waals surface area contributed by atoms with E-state index in [0.717, 1.165) is 5.92 Å². The standard InChI is InChI=1S/C13H26/c1-4-7-9-12-13(10-6-3)11-8-5-2/h4,13H,1,5-12H2,2-3H3. The van der Waals surface area contributed by atoms with Gasteiger partial charge in [-0.1, -0.05) is 58.4 Å². The SMILES string of the molecule is C=CCCCC(CCC)CCCC. The Kier molecular flexibility index (Phi) is 9.63. The van der Waals surface area contributed by atoms with Crippen LogP contribution in [0.15, 0.2) is 12.7 Å². The Morgan fingerprint density at radius 3 is 2.23 bits per heavy atom. The van der Waals surface area contributed by atoms with Crippen LogP contribution in [-0.2, 0) is 0 Å². The van der Waals surface area contributed by atoms with Crippen LogP contribution in [-0.4, -0.2) is 0 Å². The molecule has 0 aromatic rings. The largest absolute Gasteiger partial charge is 0.103 e. The molecule has 0 bridgehead atoms. The molecule has 0 rings (SSSR count). The second-order valence-corrected chi connectivity index (χ2v) is 4.02. The Labute approximate surface area is 84.4 Å². The number of hydrogen-bond donors (Lipinski definition) is 0. The second-order valence-electron chi connectivity index (χ2n) is 4.02. The number of hydrogen-bond acceptors (Lipinski definition) is 0. The van der Waals surface area contributed by atoms with E-state index < -0.39 is 0 Å². The highest BCUT2D eigenvalue weighted by Crippen LogP contribution is 2.20. The first-order chi connectivity index (χ1) is 6.35. The van der Waals surface area contributed by atoms with Crippen molar-refractivity contribution in [2.24, 2.45) is 5.92 Å². The Bertz CT molecular complexity index is 105. The van der Waals surface area contributed by atoms with E-state index in [9.17, 15) is 0 Å². The van der Waals surface area contributed by atoms with Gasteiger partial charge in [0.1, 0.15) is 0 Å². The van der Waals surface area contributed by atoms with Crippen molar-refractivity contribution in [2.75, 3.05) is 0 Å². The molecule has 78 valence electrons. The van der Waals surface area contributed by atoms with Crippen LogP contribution in [0.3, 0.4) is 0 Å². The number of allylic oxidation sites excluding steroid dienone is 1. The van der Waals surface area contributed by atoms with Gasteiger partial charge < -0.3 is 0 Å². The molecule has 0 heteroatoms. The summed E-state index contributed by atoms with van der Waals surface area (Å²) in [5.41, 5.74) is 0. The van der Waals surface area contributed by atoms with E-state index in [1.165, 1.54) is 51.4 Å². The van der Waals surface area contributed by atoms with Crippen molar-refractivity contribution < 1.29 is 0 Å². The van der Waals surface area contributed by atoms with E-state index in [0.29, 0.717) is 0 Å². The van der Waals surface area contributed by atoms with Gasteiger partial charge in [-0.3, -0.25) is 0 Å². The molecule has 0 amide bonds. The topological polar surface area (TPSA) is 0 Å². The molecule has 1 atom stereocenters. The van der Waals surface area contributed by atoms with E-state index >= 15 is 0 Å². The van der Waals surface area contributed by atoms with E-state index in [2.05, 4.69) is 20.4 Å². The first-order valence-electron chi connectivity index (χ1n) is 5.96. The lowest BCUT2D eigenvalue weighted by molar-refractivity contribution is 0.393. The lowest BCUT2D eigenvalue weighted by atomic mass is 9.92. The van der Waals surface area contributed by atoms with Gasteiger partial charge in [0, 0.05) is 0 Å². The van der Waals surface area contributed by atoms with Crippen molar-refractivity contribution >= 4 is 0 Å². The molecule has 0 aliphatic carbocycles. The fraction of sp³-hybridized carbons (Fsp3) is 0.846. The summed E-state index contributed by atoms with van der Waals surface area (Å²) in [5, 5.41) is 0. The Morgan fingerprint density at radius 1 is 1.00 bits per heavy atom. The first-order valence-corrected chi connectivity index (χ1v) is 5.96. The molecule has 0 saturated heterocycles. The highest BCUT2D eigenvalue weighted by Gasteiger charge is 2.05. The first kappa shape index (κ1) is 12.7. The molecule has 0 N–H and O–H groups in total. The fourth-order valence-corrected chi connectivity index (χ4v) is 1.88. The van der Waals surface area contributed by atoms with Crippen molar-refractivity contribution in [3.63, 3.8) is 0 Å². The average molecular weight is 182 g/mol. The van der Waals surface area contributed by atoms with Crippen molar-refractivity contribution in [1.29, 1.82) is 0 Å². The third-order valence-electron chi connectivity index (χ3n) is 2.68. The zero-order chi connectivity index (χ0) is 9.94. The van der Waals surface area contributed by atoms with Gasteiger partial charge in [-0.25, -0.2) is 0 Å². The molecule has 13 heavy (non-hydrogen) atoms. The third kappa shape index (κ3) is 8.08. The molecular formula is C13H26. The van der Waals surface area contributed by atoms with Gasteiger partial charge in [-0.2, -0.15) is 0 Å². The predicted molar refractivity (Wildman–Crippen MR) is 62.0 cm³/mol. The highest BCUT2D eigenvalue weighted by molar-refractivity contribution is 4.68. The summed E-state index contributed by atoms with van der Waals surface area (Å²) < 4.78 is 0. The molecule has 0 fully saturated rings. The molecule has 0 aliphatic heterocycles. The lowest BCUT2D eigenvalue weighted by Crippen LogP contribution is -1.99. The van der Waals surface area contributed by atoms with Crippen LogP contribution in [0.25, 0.3) is 0 Å². The molecule has 0 saturated carbocycles. The molecule has 1 unspecified atom stereocenters. The van der Waals surface area contributed by atoms with E-state index in [1.807, 2.05) is 6.08 Å². The van der Waals surface area contributed by atoms with Gasteiger partial charge in [0.05, 0.1) is 0 Å². The van der Waals surface area contributed by atoms with Crippen molar-refractivity contribution in [2.45, 2.75) is 65.2 Å². The summed E-state index contributed by atoms with van der Waals surface area (Å²) >= 11 is 0. The van der Waals surface area contributed by atoms with E-state index in [1.54, 1.807) is 0 Å². The maximum absolute atomic E-state index is 3.77. The van der Waals surface area contributed by atoms with Crippen LogP contribution in [0.2, 0.25) is 0 Å². The van der Waals surface area contributed by atoms with Crippen LogP contribution < -0.4 is 0 Å². The Morgan fingerprint density at radius 2 is 1.69 bits per heavy atom. The third-order valence-corrected chi connectivity index (χ3v) is 2.68. The lowest BCUT2D eigenvalue weighted by Gasteiger charge is -2.14. The van der Waals surface area contributed by atoms with Gasteiger partial charge in [-0.05, 0) is 18.8 Å². The normalized spacial score (nSPS) is 12.8. The van der Waals surface area contributed by atoms with Gasteiger partial charge in [-0.15, -0.1) is 6.58 Å². The fourth-order valence-electron chi connectivity index (χ4n) is 1.88.